The van der Waals surface area contributed by atoms with Gasteiger partial charge >= 0.3 is 0 Å². The maximum Gasteiger partial charge on any atom is 0.298 e. The summed E-state index contributed by atoms with van der Waals surface area (Å²) in [6, 6.07) is 8.04. The Morgan fingerprint density at radius 1 is 1.30 bits per heavy atom. The second-order valence-corrected chi connectivity index (χ2v) is 4.54. The molecule has 0 spiro atoms. The van der Waals surface area contributed by atoms with Crippen molar-refractivity contribution in [3.05, 3.63) is 47.2 Å². The van der Waals surface area contributed by atoms with Crippen LogP contribution in [0.5, 0.6) is 5.75 Å². The van der Waals surface area contributed by atoms with Gasteiger partial charge in [-0.2, -0.15) is 0 Å². The van der Waals surface area contributed by atoms with Crippen molar-refractivity contribution in [1.82, 2.24) is 4.57 Å². The minimum Gasteiger partial charge on any atom is -0.495 e. The smallest absolute Gasteiger partial charge is 0.298 e. The van der Waals surface area contributed by atoms with E-state index in [1.54, 1.807) is 42.1 Å². The molecule has 0 aliphatic rings. The van der Waals surface area contributed by atoms with Crippen LogP contribution in [0.1, 0.15) is 10.5 Å². The second-order valence-electron chi connectivity index (χ2n) is 4.14. The van der Waals surface area contributed by atoms with E-state index >= 15 is 0 Å². The summed E-state index contributed by atoms with van der Waals surface area (Å²) in [4.78, 5) is 23.8. The summed E-state index contributed by atoms with van der Waals surface area (Å²) in [5.41, 5.74) is 0.755. The van der Waals surface area contributed by atoms with Crippen LogP contribution in [-0.2, 0) is 11.8 Å². The second kappa shape index (κ2) is 5.79. The molecule has 0 saturated heterocycles. The molecular formula is C14H13ClN2O3. The lowest BCUT2D eigenvalue weighted by Crippen LogP contribution is -2.24. The van der Waals surface area contributed by atoms with Gasteiger partial charge in [0.05, 0.1) is 17.8 Å². The quantitative estimate of drug-likeness (QED) is 0.696. The molecule has 20 heavy (non-hydrogen) atoms. The number of benzene rings is 1. The van der Waals surface area contributed by atoms with Crippen LogP contribution in [0, 0.1) is 0 Å². The normalized spacial score (nSPS) is 10.2. The molecular weight excluding hydrogens is 280 g/mol. The van der Waals surface area contributed by atoms with Gasteiger partial charge in [-0.3, -0.25) is 9.59 Å². The molecule has 0 unspecified atom stereocenters. The third kappa shape index (κ3) is 2.83. The van der Waals surface area contributed by atoms with Crippen LogP contribution >= 0.6 is 11.6 Å². The highest BCUT2D eigenvalue weighted by atomic mass is 35.5. The van der Waals surface area contributed by atoms with Gasteiger partial charge in [-0.15, -0.1) is 0 Å². The van der Waals surface area contributed by atoms with Gasteiger partial charge in [0.15, 0.2) is 0 Å². The molecule has 1 amide bonds. The number of rotatable bonds is 4. The van der Waals surface area contributed by atoms with Crippen LogP contribution in [0.4, 0.5) is 5.69 Å². The maximum atomic E-state index is 11.9. The van der Waals surface area contributed by atoms with E-state index in [9.17, 15) is 9.59 Å². The lowest BCUT2D eigenvalue weighted by Gasteiger charge is -2.08. The first-order valence-corrected chi connectivity index (χ1v) is 6.21. The summed E-state index contributed by atoms with van der Waals surface area (Å²) >= 11 is 5.95. The van der Waals surface area contributed by atoms with Gasteiger partial charge in [-0.05, 0) is 30.3 Å². The number of nitrogens with zero attached hydrogens (tertiary/aromatic N) is 1. The number of nitrogens with one attached hydrogen (secondary N) is 1. The number of halogens is 1. The van der Waals surface area contributed by atoms with Gasteiger partial charge in [0, 0.05) is 18.9 Å². The molecule has 1 heterocycles. The molecule has 2 rings (SSSR count). The summed E-state index contributed by atoms with van der Waals surface area (Å²) in [5, 5.41) is 2.87. The van der Waals surface area contributed by atoms with Crippen LogP contribution in [0.2, 0.25) is 5.02 Å². The number of ketones is 1. The van der Waals surface area contributed by atoms with Crippen LogP contribution in [0.25, 0.3) is 0 Å². The van der Waals surface area contributed by atoms with E-state index in [1.165, 1.54) is 13.2 Å². The number of carbonyl (C=O) groups is 2. The number of aromatic nitrogens is 1. The first-order valence-electron chi connectivity index (χ1n) is 5.83. The standard InChI is InChI=1S/C14H13ClN2O3/c1-17-7-3-4-11(17)13(18)14(19)16-9-5-6-12(20-2)10(15)8-9/h3-8H,1-2H3,(H,16,19). The van der Waals surface area contributed by atoms with E-state index in [4.69, 9.17) is 16.3 Å². The summed E-state index contributed by atoms with van der Waals surface area (Å²) in [5.74, 6) is -0.823. The maximum absolute atomic E-state index is 11.9. The Morgan fingerprint density at radius 3 is 2.60 bits per heavy atom. The fourth-order valence-corrected chi connectivity index (χ4v) is 2.00. The van der Waals surface area contributed by atoms with Crippen molar-refractivity contribution in [3.8, 4) is 5.75 Å². The molecule has 0 fully saturated rings. The average molecular weight is 293 g/mol. The van der Waals surface area contributed by atoms with Crippen LogP contribution in [0.3, 0.4) is 0 Å². The van der Waals surface area contributed by atoms with Crippen molar-refractivity contribution in [2.24, 2.45) is 7.05 Å². The molecule has 0 bridgehead atoms. The van der Waals surface area contributed by atoms with Crippen molar-refractivity contribution in [1.29, 1.82) is 0 Å². The number of carbonyl (C=O) groups excluding carboxylic acids is 2. The molecule has 1 aromatic heterocycles. The molecule has 104 valence electrons. The fourth-order valence-electron chi connectivity index (χ4n) is 1.75. The molecule has 1 aromatic carbocycles. The minimum absolute atomic E-state index is 0.321. The fraction of sp³-hybridized carbons (Fsp3) is 0.143. The monoisotopic (exact) mass is 292 g/mol. The molecule has 5 nitrogen and oxygen atoms in total. The van der Waals surface area contributed by atoms with E-state index in [-0.39, 0.29) is 0 Å². The number of hydrogen-bond acceptors (Lipinski definition) is 3. The average Bonchev–Trinajstić information content (AvgIpc) is 2.84. The Bertz CT molecular complexity index is 664. The van der Waals surface area contributed by atoms with Gasteiger partial charge < -0.3 is 14.6 Å². The van der Waals surface area contributed by atoms with Gasteiger partial charge in [0.25, 0.3) is 11.7 Å². The van der Waals surface area contributed by atoms with Crippen LogP contribution < -0.4 is 10.1 Å². The molecule has 0 aliphatic heterocycles. The molecule has 0 radical (unpaired) electrons. The number of amides is 1. The molecule has 1 N–H and O–H groups in total. The van der Waals surface area contributed by atoms with Crippen molar-refractivity contribution >= 4 is 29.0 Å². The highest BCUT2D eigenvalue weighted by Gasteiger charge is 2.18. The topological polar surface area (TPSA) is 60.3 Å². The molecule has 6 heteroatoms. The number of ether oxygens (including phenoxy) is 1. The number of methoxy groups -OCH3 is 1. The van der Waals surface area contributed by atoms with Crippen molar-refractivity contribution in [2.45, 2.75) is 0 Å². The van der Waals surface area contributed by atoms with Crippen LogP contribution in [-0.4, -0.2) is 23.4 Å². The van der Waals surface area contributed by atoms with E-state index in [2.05, 4.69) is 5.32 Å². The van der Waals surface area contributed by atoms with E-state index in [0.29, 0.717) is 22.2 Å². The first kappa shape index (κ1) is 14.1. The zero-order valence-corrected chi connectivity index (χ0v) is 11.8. The summed E-state index contributed by atoms with van der Waals surface area (Å²) in [6.07, 6.45) is 1.70. The molecule has 0 aliphatic carbocycles. The van der Waals surface area contributed by atoms with Crippen molar-refractivity contribution < 1.29 is 14.3 Å². The minimum atomic E-state index is -0.715. The summed E-state index contributed by atoms with van der Waals surface area (Å²) in [6.45, 7) is 0. The first-order chi connectivity index (χ1) is 9.52. The van der Waals surface area contributed by atoms with Crippen molar-refractivity contribution in [2.75, 3.05) is 12.4 Å². The SMILES string of the molecule is COc1ccc(NC(=O)C(=O)c2cccn2C)cc1Cl. The highest BCUT2D eigenvalue weighted by Crippen LogP contribution is 2.27. The Hall–Kier alpha value is -2.27. The van der Waals surface area contributed by atoms with Crippen molar-refractivity contribution in [3.63, 3.8) is 0 Å². The lowest BCUT2D eigenvalue weighted by atomic mass is 10.2. The zero-order chi connectivity index (χ0) is 14.7. The van der Waals surface area contributed by atoms with Gasteiger partial charge in [0.2, 0.25) is 0 Å². The molecule has 0 saturated carbocycles. The Morgan fingerprint density at radius 2 is 2.05 bits per heavy atom. The Labute approximate surface area is 121 Å². The Kier molecular flexibility index (Phi) is 4.10. The summed E-state index contributed by atoms with van der Waals surface area (Å²) < 4.78 is 6.60. The third-order valence-electron chi connectivity index (χ3n) is 2.79. The number of hydrogen-bond donors (Lipinski definition) is 1. The third-order valence-corrected chi connectivity index (χ3v) is 3.09. The number of aryl methyl sites for hydroxylation is 1. The predicted octanol–water partition coefficient (Wildman–Crippen LogP) is 2.51. The lowest BCUT2D eigenvalue weighted by molar-refractivity contribution is -0.112. The van der Waals surface area contributed by atoms with E-state index in [1.807, 2.05) is 0 Å². The predicted molar refractivity (Wildman–Crippen MR) is 76.4 cm³/mol. The number of anilines is 1. The van der Waals surface area contributed by atoms with E-state index < -0.39 is 11.7 Å². The Balaban J connectivity index is 2.14. The molecule has 2 aromatic rings. The largest absolute Gasteiger partial charge is 0.495 e. The zero-order valence-electron chi connectivity index (χ0n) is 11.0. The van der Waals surface area contributed by atoms with Gasteiger partial charge in [0.1, 0.15) is 5.75 Å². The molecule has 0 atom stereocenters. The summed E-state index contributed by atoms with van der Waals surface area (Å²) in [7, 11) is 3.20. The van der Waals surface area contributed by atoms with Crippen LogP contribution in [0.15, 0.2) is 36.5 Å². The van der Waals surface area contributed by atoms with Gasteiger partial charge in [-0.25, -0.2) is 0 Å². The number of Topliss-reactive ketones (excluding diaryl/α,β-unsaturated/α-hetero) is 1. The van der Waals surface area contributed by atoms with E-state index in [0.717, 1.165) is 0 Å². The van der Waals surface area contributed by atoms with Gasteiger partial charge in [-0.1, -0.05) is 11.6 Å². The highest BCUT2D eigenvalue weighted by molar-refractivity contribution is 6.46.